The van der Waals surface area contributed by atoms with E-state index in [1.165, 1.54) is 30.3 Å². The molecule has 0 aliphatic rings. The first-order valence-corrected chi connectivity index (χ1v) is 5.21. The highest BCUT2D eigenvalue weighted by Crippen LogP contribution is 2.39. The molecular weight excluding hydrogens is 264 g/mol. The summed E-state index contributed by atoms with van der Waals surface area (Å²) in [6.07, 6.45) is -4.89. The second-order valence-electron chi connectivity index (χ2n) is 3.68. The zero-order valence-corrected chi connectivity index (χ0v) is 9.41. The highest BCUT2D eigenvalue weighted by molar-refractivity contribution is 5.75. The molecule has 2 aromatic rings. The molecule has 19 heavy (non-hydrogen) atoms. The van der Waals surface area contributed by atoms with Crippen LogP contribution in [0, 0.1) is 5.82 Å². The molecule has 2 aromatic carbocycles. The predicted octanol–water partition coefficient (Wildman–Crippen LogP) is 4.10. The van der Waals surface area contributed by atoms with Gasteiger partial charge >= 0.3 is 6.36 Å². The minimum atomic E-state index is -4.89. The fourth-order valence-electron chi connectivity index (χ4n) is 1.67. The molecule has 100 valence electrons. The van der Waals surface area contributed by atoms with E-state index in [1.807, 2.05) is 0 Å². The van der Waals surface area contributed by atoms with E-state index in [4.69, 9.17) is 0 Å². The topological polar surface area (TPSA) is 29.5 Å². The summed E-state index contributed by atoms with van der Waals surface area (Å²) >= 11 is 0. The van der Waals surface area contributed by atoms with Crippen molar-refractivity contribution in [3.05, 3.63) is 48.3 Å². The number of benzene rings is 2. The number of halogens is 4. The summed E-state index contributed by atoms with van der Waals surface area (Å²) in [7, 11) is 0. The lowest BCUT2D eigenvalue weighted by molar-refractivity contribution is -0.274. The summed E-state index contributed by atoms with van der Waals surface area (Å²) in [4.78, 5) is 0. The summed E-state index contributed by atoms with van der Waals surface area (Å²) in [6, 6.07) is 8.50. The molecule has 0 aliphatic carbocycles. The van der Waals surface area contributed by atoms with Crippen LogP contribution in [0.2, 0.25) is 0 Å². The third-order valence-electron chi connectivity index (χ3n) is 2.37. The summed E-state index contributed by atoms with van der Waals surface area (Å²) in [5.74, 6) is -1.87. The number of rotatable bonds is 2. The van der Waals surface area contributed by atoms with Crippen molar-refractivity contribution in [2.75, 3.05) is 0 Å². The largest absolute Gasteiger partial charge is 0.573 e. The molecule has 0 unspecified atom stereocenters. The molecule has 0 spiro atoms. The van der Waals surface area contributed by atoms with Crippen LogP contribution in [0.4, 0.5) is 17.6 Å². The Balaban J connectivity index is 2.57. The first-order chi connectivity index (χ1) is 8.88. The molecule has 6 heteroatoms. The number of hydrogen-bond acceptors (Lipinski definition) is 2. The van der Waals surface area contributed by atoms with Gasteiger partial charge in [0.1, 0.15) is 17.3 Å². The summed E-state index contributed by atoms with van der Waals surface area (Å²) in [6.45, 7) is 0. The molecule has 0 saturated heterocycles. The van der Waals surface area contributed by atoms with E-state index in [1.54, 1.807) is 0 Å². The maximum atomic E-state index is 13.7. The molecule has 0 radical (unpaired) electrons. The van der Waals surface area contributed by atoms with Gasteiger partial charge in [0.25, 0.3) is 0 Å². The van der Waals surface area contributed by atoms with Crippen LogP contribution in [0.3, 0.4) is 0 Å². The molecule has 0 atom stereocenters. The van der Waals surface area contributed by atoms with Crippen molar-refractivity contribution in [2.24, 2.45) is 0 Å². The van der Waals surface area contributed by atoms with Crippen LogP contribution in [0.5, 0.6) is 11.5 Å². The van der Waals surface area contributed by atoms with Gasteiger partial charge in [-0.2, -0.15) is 0 Å². The van der Waals surface area contributed by atoms with Crippen molar-refractivity contribution >= 4 is 0 Å². The SMILES string of the molecule is Oc1cccc(F)c1-c1ccccc1OC(F)(F)F. The van der Waals surface area contributed by atoms with Crippen LogP contribution in [-0.2, 0) is 0 Å². The molecule has 0 bridgehead atoms. The van der Waals surface area contributed by atoms with Crippen molar-refractivity contribution in [3.8, 4) is 22.6 Å². The van der Waals surface area contributed by atoms with Crippen molar-refractivity contribution in [3.63, 3.8) is 0 Å². The fraction of sp³-hybridized carbons (Fsp3) is 0.0769. The maximum absolute atomic E-state index is 13.7. The molecule has 2 nitrogen and oxygen atoms in total. The van der Waals surface area contributed by atoms with Crippen LogP contribution in [0.25, 0.3) is 11.1 Å². The summed E-state index contributed by atoms with van der Waals surface area (Å²) < 4.78 is 54.3. The molecule has 0 aromatic heterocycles. The van der Waals surface area contributed by atoms with Gasteiger partial charge in [-0.3, -0.25) is 0 Å². The van der Waals surface area contributed by atoms with Crippen molar-refractivity contribution in [1.82, 2.24) is 0 Å². The highest BCUT2D eigenvalue weighted by atomic mass is 19.4. The number of hydrogen-bond donors (Lipinski definition) is 1. The van der Waals surface area contributed by atoms with E-state index in [-0.39, 0.29) is 11.1 Å². The molecule has 0 heterocycles. The first-order valence-electron chi connectivity index (χ1n) is 5.21. The summed E-state index contributed by atoms with van der Waals surface area (Å²) in [5.41, 5.74) is -0.502. The van der Waals surface area contributed by atoms with Crippen LogP contribution in [0.1, 0.15) is 0 Å². The normalized spacial score (nSPS) is 11.4. The zero-order chi connectivity index (χ0) is 14.0. The quantitative estimate of drug-likeness (QED) is 0.834. The van der Waals surface area contributed by atoms with Crippen LogP contribution >= 0.6 is 0 Å². The Bertz CT molecular complexity index is 573. The standard InChI is InChI=1S/C13H8F4O2/c14-9-5-3-6-10(18)12(9)8-4-1-2-7-11(8)19-13(15,16)17/h1-7,18H. The molecular formula is C13H8F4O2. The minimum absolute atomic E-state index is 0.171. The fourth-order valence-corrected chi connectivity index (χ4v) is 1.67. The third kappa shape index (κ3) is 2.96. The average Bonchev–Trinajstić information content (AvgIpc) is 2.29. The second kappa shape index (κ2) is 4.79. The first kappa shape index (κ1) is 13.2. The Hall–Kier alpha value is -2.24. The predicted molar refractivity (Wildman–Crippen MR) is 60.2 cm³/mol. The Labute approximate surface area is 105 Å². The Morgan fingerprint density at radius 3 is 2.26 bits per heavy atom. The Kier molecular flexibility index (Phi) is 3.33. The number of ether oxygens (including phenoxy) is 1. The van der Waals surface area contributed by atoms with Gasteiger partial charge in [-0.05, 0) is 18.2 Å². The van der Waals surface area contributed by atoms with Crippen molar-refractivity contribution in [2.45, 2.75) is 6.36 Å². The van der Waals surface area contributed by atoms with Gasteiger partial charge in [0, 0.05) is 5.56 Å². The van der Waals surface area contributed by atoms with Gasteiger partial charge < -0.3 is 9.84 Å². The van der Waals surface area contributed by atoms with E-state index in [9.17, 15) is 22.7 Å². The van der Waals surface area contributed by atoms with Crippen molar-refractivity contribution in [1.29, 1.82) is 0 Å². The van der Waals surface area contributed by atoms with Crippen LogP contribution < -0.4 is 4.74 Å². The highest BCUT2D eigenvalue weighted by Gasteiger charge is 2.32. The van der Waals surface area contributed by atoms with E-state index >= 15 is 0 Å². The lowest BCUT2D eigenvalue weighted by Crippen LogP contribution is -2.17. The molecule has 1 N–H and O–H groups in total. The number of phenols is 1. The van der Waals surface area contributed by atoms with Gasteiger partial charge in [0.05, 0.1) is 5.56 Å². The molecule has 0 fully saturated rings. The molecule has 2 rings (SSSR count). The van der Waals surface area contributed by atoms with E-state index in [0.29, 0.717) is 0 Å². The molecule has 0 saturated carbocycles. The maximum Gasteiger partial charge on any atom is 0.573 e. The third-order valence-corrected chi connectivity index (χ3v) is 2.37. The number of phenolic OH excluding ortho intramolecular Hbond substituents is 1. The Morgan fingerprint density at radius 2 is 1.63 bits per heavy atom. The van der Waals surface area contributed by atoms with Gasteiger partial charge in [-0.15, -0.1) is 13.2 Å². The van der Waals surface area contributed by atoms with Gasteiger partial charge in [0.2, 0.25) is 0 Å². The molecule has 0 aliphatic heterocycles. The number of alkyl halides is 3. The monoisotopic (exact) mass is 272 g/mol. The lowest BCUT2D eigenvalue weighted by atomic mass is 10.0. The number of para-hydroxylation sites is 1. The number of aromatic hydroxyl groups is 1. The second-order valence-corrected chi connectivity index (χ2v) is 3.68. The summed E-state index contributed by atoms with van der Waals surface area (Å²) in [5, 5.41) is 9.59. The zero-order valence-electron chi connectivity index (χ0n) is 9.41. The van der Waals surface area contributed by atoms with Gasteiger partial charge in [0.15, 0.2) is 0 Å². The van der Waals surface area contributed by atoms with Crippen molar-refractivity contribution < 1.29 is 27.4 Å². The van der Waals surface area contributed by atoms with Crippen LogP contribution in [-0.4, -0.2) is 11.5 Å². The van der Waals surface area contributed by atoms with E-state index in [0.717, 1.165) is 12.1 Å². The van der Waals surface area contributed by atoms with E-state index < -0.39 is 23.7 Å². The van der Waals surface area contributed by atoms with Gasteiger partial charge in [-0.25, -0.2) is 4.39 Å². The minimum Gasteiger partial charge on any atom is -0.507 e. The van der Waals surface area contributed by atoms with Gasteiger partial charge in [-0.1, -0.05) is 24.3 Å². The lowest BCUT2D eigenvalue weighted by Gasteiger charge is -2.14. The van der Waals surface area contributed by atoms with E-state index in [2.05, 4.69) is 4.74 Å². The molecule has 0 amide bonds. The smallest absolute Gasteiger partial charge is 0.507 e. The average molecular weight is 272 g/mol. The Morgan fingerprint density at radius 1 is 0.947 bits per heavy atom. The van der Waals surface area contributed by atoms with Crippen LogP contribution in [0.15, 0.2) is 42.5 Å².